The van der Waals surface area contributed by atoms with Crippen LogP contribution in [-0.4, -0.2) is 41.8 Å². The van der Waals surface area contributed by atoms with Gasteiger partial charge >= 0.3 is 0 Å². The van der Waals surface area contributed by atoms with Gasteiger partial charge in [-0.05, 0) is 62.4 Å². The summed E-state index contributed by atoms with van der Waals surface area (Å²) in [5.41, 5.74) is 1.85. The van der Waals surface area contributed by atoms with Crippen LogP contribution < -0.4 is 15.4 Å². The molecule has 3 aromatic rings. The number of anilines is 3. The van der Waals surface area contributed by atoms with Gasteiger partial charge in [-0.25, -0.2) is 0 Å². The molecule has 0 atom stereocenters. The average molecular weight is 463 g/mol. The minimum absolute atomic E-state index is 0.0773. The van der Waals surface area contributed by atoms with E-state index in [0.717, 1.165) is 0 Å². The predicted octanol–water partition coefficient (Wildman–Crippen LogP) is 5.08. The molecule has 0 aliphatic rings. The molecule has 3 aromatic carbocycles. The summed E-state index contributed by atoms with van der Waals surface area (Å²) in [6.07, 6.45) is 0. The Labute approximate surface area is 197 Å². The molecular formula is C25H26N4O5. The highest BCUT2D eigenvalue weighted by molar-refractivity contribution is 6.05. The van der Waals surface area contributed by atoms with Gasteiger partial charge in [-0.2, -0.15) is 0 Å². The number of nitro groups is 1. The highest BCUT2D eigenvalue weighted by atomic mass is 16.6. The predicted molar refractivity (Wildman–Crippen MR) is 131 cm³/mol. The zero-order chi connectivity index (χ0) is 24.7. The van der Waals surface area contributed by atoms with Crippen LogP contribution in [0.15, 0.2) is 66.7 Å². The second-order valence-electron chi connectivity index (χ2n) is 7.35. The minimum Gasteiger partial charge on any atom is -0.497 e. The van der Waals surface area contributed by atoms with Crippen LogP contribution in [0.1, 0.15) is 34.6 Å². The molecule has 0 fully saturated rings. The van der Waals surface area contributed by atoms with Gasteiger partial charge in [0.15, 0.2) is 0 Å². The van der Waals surface area contributed by atoms with Crippen molar-refractivity contribution < 1.29 is 19.2 Å². The number of carbonyl (C=O) groups excluding carboxylic acids is 2. The third kappa shape index (κ3) is 5.69. The maximum atomic E-state index is 12.8. The molecular weight excluding hydrogens is 436 g/mol. The molecule has 2 amide bonds. The molecule has 0 heterocycles. The summed E-state index contributed by atoms with van der Waals surface area (Å²) in [5.74, 6) is 0.0717. The first-order valence-corrected chi connectivity index (χ1v) is 10.8. The summed E-state index contributed by atoms with van der Waals surface area (Å²) in [6, 6.07) is 17.6. The minimum atomic E-state index is -0.518. The van der Waals surface area contributed by atoms with Gasteiger partial charge in [0.2, 0.25) is 0 Å². The van der Waals surface area contributed by atoms with E-state index in [2.05, 4.69) is 10.6 Å². The molecule has 0 radical (unpaired) electrons. The Morgan fingerprint density at radius 3 is 2.24 bits per heavy atom. The van der Waals surface area contributed by atoms with Crippen molar-refractivity contribution >= 4 is 34.6 Å². The summed E-state index contributed by atoms with van der Waals surface area (Å²) in [6.45, 7) is 5.05. The van der Waals surface area contributed by atoms with Gasteiger partial charge < -0.3 is 20.3 Å². The van der Waals surface area contributed by atoms with Crippen LogP contribution in [0.4, 0.5) is 22.7 Å². The number of ether oxygens (including phenoxy) is 1. The van der Waals surface area contributed by atoms with Gasteiger partial charge in [-0.15, -0.1) is 0 Å². The van der Waals surface area contributed by atoms with Gasteiger partial charge in [0, 0.05) is 47.7 Å². The lowest BCUT2D eigenvalue weighted by Gasteiger charge is -2.18. The first-order chi connectivity index (χ1) is 16.4. The quantitative estimate of drug-likeness (QED) is 0.339. The number of hydrogen-bond donors (Lipinski definition) is 2. The van der Waals surface area contributed by atoms with E-state index >= 15 is 0 Å². The Morgan fingerprint density at radius 1 is 0.941 bits per heavy atom. The Kier molecular flexibility index (Phi) is 7.81. The number of amides is 2. The lowest BCUT2D eigenvalue weighted by molar-refractivity contribution is -0.383. The zero-order valence-electron chi connectivity index (χ0n) is 19.2. The van der Waals surface area contributed by atoms with Crippen LogP contribution >= 0.6 is 0 Å². The number of nitrogens with one attached hydrogen (secondary N) is 2. The number of nitrogens with zero attached hydrogens (tertiary/aromatic N) is 2. The fraction of sp³-hybridized carbons (Fsp3) is 0.200. The number of carbonyl (C=O) groups is 2. The van der Waals surface area contributed by atoms with Crippen LogP contribution in [0.25, 0.3) is 0 Å². The number of methoxy groups -OCH3 is 1. The van der Waals surface area contributed by atoms with Gasteiger partial charge in [-0.1, -0.05) is 6.07 Å². The first kappa shape index (κ1) is 24.2. The Hall–Kier alpha value is -4.40. The molecule has 0 saturated carbocycles. The van der Waals surface area contributed by atoms with Crippen molar-refractivity contribution in [2.75, 3.05) is 30.8 Å². The van der Waals surface area contributed by atoms with E-state index < -0.39 is 10.8 Å². The lowest BCUT2D eigenvalue weighted by Crippen LogP contribution is -2.30. The molecule has 0 aliphatic heterocycles. The highest BCUT2D eigenvalue weighted by Gasteiger charge is 2.18. The van der Waals surface area contributed by atoms with E-state index in [-0.39, 0.29) is 22.8 Å². The second kappa shape index (κ2) is 11.0. The van der Waals surface area contributed by atoms with Crippen LogP contribution in [-0.2, 0) is 0 Å². The smallest absolute Gasteiger partial charge is 0.292 e. The molecule has 9 heteroatoms. The molecule has 0 spiro atoms. The topological polar surface area (TPSA) is 114 Å². The van der Waals surface area contributed by atoms with Crippen molar-refractivity contribution in [2.45, 2.75) is 13.8 Å². The monoisotopic (exact) mass is 462 g/mol. The van der Waals surface area contributed by atoms with Gasteiger partial charge in [0.05, 0.1) is 12.0 Å². The summed E-state index contributed by atoms with van der Waals surface area (Å²) in [5, 5.41) is 17.2. The van der Waals surface area contributed by atoms with Crippen LogP contribution in [0.2, 0.25) is 0 Å². The molecule has 0 bridgehead atoms. The standard InChI is InChI=1S/C25H26N4O5/c1-4-28(5-2)25(31)17-9-12-19(13-10-17)27-24(30)18-11-14-23(29(32)33)22(15-18)26-20-7-6-8-21(16-20)34-3/h6-16,26H,4-5H2,1-3H3,(H,27,30). The number of benzene rings is 3. The Balaban J connectivity index is 1.80. The molecule has 0 aromatic heterocycles. The third-order valence-electron chi connectivity index (χ3n) is 5.24. The number of hydrogen-bond acceptors (Lipinski definition) is 6. The maximum Gasteiger partial charge on any atom is 0.292 e. The Bertz CT molecular complexity index is 1190. The molecule has 9 nitrogen and oxygen atoms in total. The van der Waals surface area contributed by atoms with E-state index in [4.69, 9.17) is 4.74 Å². The van der Waals surface area contributed by atoms with Crippen LogP contribution in [0.3, 0.4) is 0 Å². The average Bonchev–Trinajstić information content (AvgIpc) is 2.85. The maximum absolute atomic E-state index is 12.8. The van der Waals surface area contributed by atoms with Crippen molar-refractivity contribution in [1.82, 2.24) is 4.90 Å². The summed E-state index contributed by atoms with van der Waals surface area (Å²) in [4.78, 5) is 37.9. The van der Waals surface area contributed by atoms with Crippen molar-refractivity contribution in [3.05, 3.63) is 88.0 Å². The number of nitro benzene ring substituents is 1. The zero-order valence-corrected chi connectivity index (χ0v) is 19.2. The summed E-state index contributed by atoms with van der Waals surface area (Å²) < 4.78 is 5.19. The van der Waals surface area contributed by atoms with Gasteiger partial charge in [0.1, 0.15) is 11.4 Å². The molecule has 3 rings (SSSR count). The largest absolute Gasteiger partial charge is 0.497 e. The van der Waals surface area contributed by atoms with Crippen molar-refractivity contribution in [3.8, 4) is 5.75 Å². The van der Waals surface area contributed by atoms with E-state index in [1.54, 1.807) is 53.4 Å². The molecule has 0 saturated heterocycles. The van der Waals surface area contributed by atoms with Crippen molar-refractivity contribution in [1.29, 1.82) is 0 Å². The van der Waals surface area contributed by atoms with Crippen LogP contribution in [0.5, 0.6) is 5.75 Å². The SMILES string of the molecule is CCN(CC)C(=O)c1ccc(NC(=O)c2ccc([N+](=O)[O-])c(Nc3cccc(OC)c3)c2)cc1. The van der Waals surface area contributed by atoms with E-state index in [0.29, 0.717) is 35.8 Å². The van der Waals surface area contributed by atoms with Crippen molar-refractivity contribution in [3.63, 3.8) is 0 Å². The van der Waals surface area contributed by atoms with Gasteiger partial charge in [-0.3, -0.25) is 19.7 Å². The normalized spacial score (nSPS) is 10.3. The third-order valence-corrected chi connectivity index (χ3v) is 5.24. The molecule has 176 valence electrons. The fourth-order valence-electron chi connectivity index (χ4n) is 3.39. The summed E-state index contributed by atoms with van der Waals surface area (Å²) in [7, 11) is 1.53. The van der Waals surface area contributed by atoms with E-state index in [9.17, 15) is 19.7 Å². The molecule has 2 N–H and O–H groups in total. The Morgan fingerprint density at radius 2 is 1.62 bits per heavy atom. The van der Waals surface area contributed by atoms with Gasteiger partial charge in [0.25, 0.3) is 17.5 Å². The highest BCUT2D eigenvalue weighted by Crippen LogP contribution is 2.30. The van der Waals surface area contributed by atoms with Crippen LogP contribution in [0, 0.1) is 10.1 Å². The van der Waals surface area contributed by atoms with Crippen molar-refractivity contribution in [2.24, 2.45) is 0 Å². The molecule has 0 aliphatic carbocycles. The first-order valence-electron chi connectivity index (χ1n) is 10.8. The van der Waals surface area contributed by atoms with E-state index in [1.165, 1.54) is 25.3 Å². The number of rotatable bonds is 9. The van der Waals surface area contributed by atoms with E-state index in [1.807, 2.05) is 13.8 Å². The summed E-state index contributed by atoms with van der Waals surface area (Å²) >= 11 is 0. The molecule has 0 unspecified atom stereocenters. The molecule has 34 heavy (non-hydrogen) atoms. The fourth-order valence-corrected chi connectivity index (χ4v) is 3.39. The second-order valence-corrected chi connectivity index (χ2v) is 7.35. The lowest BCUT2D eigenvalue weighted by atomic mass is 10.1.